The fourth-order valence-corrected chi connectivity index (χ4v) is 6.43. The molecule has 2 aliphatic rings. The molecule has 1 saturated heterocycles. The molecule has 1 heterocycles. The molecular weight excluding hydrogens is 546 g/mol. The van der Waals surface area contributed by atoms with Gasteiger partial charge in [-0.1, -0.05) is 48.9 Å². The highest BCUT2D eigenvalue weighted by Gasteiger charge is 2.45. The van der Waals surface area contributed by atoms with Crippen LogP contribution in [0.2, 0.25) is 5.02 Å². The third-order valence-electron chi connectivity index (χ3n) is 8.52. The summed E-state index contributed by atoms with van der Waals surface area (Å²) in [6, 6.07) is 12.7. The van der Waals surface area contributed by atoms with Gasteiger partial charge in [-0.3, -0.25) is 4.79 Å². The lowest BCUT2D eigenvalue weighted by atomic mass is 9.73. The number of nitrogens with one attached hydrogen (secondary N) is 1. The molecule has 0 aromatic heterocycles. The fourth-order valence-electron chi connectivity index (χ4n) is 6.21. The minimum absolute atomic E-state index is 0.0316. The molecule has 5 atom stereocenters. The predicted octanol–water partition coefficient (Wildman–Crippen LogP) is 4.36. The summed E-state index contributed by atoms with van der Waals surface area (Å²) in [7, 11) is 1.30. The highest BCUT2D eigenvalue weighted by Crippen LogP contribution is 2.47. The topological polar surface area (TPSA) is 134 Å². The summed E-state index contributed by atoms with van der Waals surface area (Å²) in [5, 5.41) is 25.8. The van der Waals surface area contributed by atoms with Gasteiger partial charge in [0.1, 0.15) is 5.75 Å². The van der Waals surface area contributed by atoms with Gasteiger partial charge in [-0.2, -0.15) is 0 Å². The molecule has 5 N–H and O–H groups in total. The number of aryl methyl sites for hydroxylation is 1. The third-order valence-corrected chi connectivity index (χ3v) is 8.82. The van der Waals surface area contributed by atoms with Gasteiger partial charge in [0.15, 0.2) is 5.75 Å². The number of benzene rings is 2. The van der Waals surface area contributed by atoms with Crippen molar-refractivity contribution in [3.63, 3.8) is 0 Å². The smallest absolute Gasteiger partial charge is 0.406 e. The summed E-state index contributed by atoms with van der Waals surface area (Å²) < 4.78 is 11.1. The predicted molar refractivity (Wildman–Crippen MR) is 157 cm³/mol. The van der Waals surface area contributed by atoms with Gasteiger partial charge in [0.05, 0.1) is 23.8 Å². The van der Waals surface area contributed by atoms with Crippen LogP contribution in [0.3, 0.4) is 0 Å². The first-order valence-electron chi connectivity index (χ1n) is 14.5. The number of aliphatic hydroxyl groups is 2. The van der Waals surface area contributed by atoms with Crippen molar-refractivity contribution < 1.29 is 29.3 Å². The lowest BCUT2D eigenvalue weighted by Gasteiger charge is -2.44. The van der Waals surface area contributed by atoms with Crippen LogP contribution in [0.25, 0.3) is 0 Å². The van der Waals surface area contributed by atoms with E-state index in [1.54, 1.807) is 17.0 Å². The normalized spacial score (nSPS) is 24.0. The second-order valence-electron chi connectivity index (χ2n) is 11.1. The van der Waals surface area contributed by atoms with Gasteiger partial charge in [-0.15, -0.1) is 0 Å². The van der Waals surface area contributed by atoms with E-state index in [9.17, 15) is 19.8 Å². The van der Waals surface area contributed by atoms with Crippen LogP contribution in [0.1, 0.15) is 56.6 Å². The van der Waals surface area contributed by atoms with E-state index in [2.05, 4.69) is 10.1 Å². The van der Waals surface area contributed by atoms with Crippen LogP contribution in [-0.4, -0.2) is 66.0 Å². The van der Waals surface area contributed by atoms with Crippen LogP contribution < -0.4 is 15.8 Å². The van der Waals surface area contributed by atoms with E-state index >= 15 is 0 Å². The molecule has 2 aromatic rings. The number of amides is 2. The molecule has 0 radical (unpaired) electrons. The number of nitrogens with zero attached hydrogens (tertiary/aromatic N) is 1. The van der Waals surface area contributed by atoms with E-state index in [0.29, 0.717) is 73.8 Å². The fraction of sp³-hybridized carbons (Fsp3) is 0.548. The van der Waals surface area contributed by atoms with Gasteiger partial charge in [-0.25, -0.2) is 4.79 Å². The highest BCUT2D eigenvalue weighted by molar-refractivity contribution is 6.32. The Balaban J connectivity index is 1.66. The van der Waals surface area contributed by atoms with Gasteiger partial charge >= 0.3 is 6.09 Å². The van der Waals surface area contributed by atoms with Gasteiger partial charge < -0.3 is 35.6 Å². The molecule has 9 nitrogen and oxygen atoms in total. The Morgan fingerprint density at radius 2 is 1.98 bits per heavy atom. The molecule has 2 fully saturated rings. The molecule has 41 heavy (non-hydrogen) atoms. The Morgan fingerprint density at radius 3 is 2.68 bits per heavy atom. The molecule has 4 rings (SSSR count). The minimum Gasteiger partial charge on any atom is -0.455 e. The molecule has 10 heteroatoms. The van der Waals surface area contributed by atoms with E-state index < -0.39 is 23.8 Å². The van der Waals surface area contributed by atoms with Crippen LogP contribution >= 0.6 is 11.6 Å². The number of para-hydroxylation sites is 2. The molecule has 0 bridgehead atoms. The van der Waals surface area contributed by atoms with Crippen LogP contribution in [-0.2, 0) is 21.6 Å². The summed E-state index contributed by atoms with van der Waals surface area (Å²) >= 11 is 6.72. The first-order valence-corrected chi connectivity index (χ1v) is 14.9. The molecule has 1 unspecified atom stereocenters. The largest absolute Gasteiger partial charge is 0.455 e. The zero-order chi connectivity index (χ0) is 29.6. The Bertz CT molecular complexity index is 1200. The van der Waals surface area contributed by atoms with E-state index in [1.165, 1.54) is 7.11 Å². The van der Waals surface area contributed by atoms with Crippen LogP contribution in [0.5, 0.6) is 11.5 Å². The average molecular weight is 588 g/mol. The lowest BCUT2D eigenvalue weighted by Crippen LogP contribution is -2.49. The van der Waals surface area contributed by atoms with Crippen molar-refractivity contribution in [1.29, 1.82) is 0 Å². The molecule has 2 aromatic carbocycles. The van der Waals surface area contributed by atoms with E-state index in [4.69, 9.17) is 22.1 Å². The van der Waals surface area contributed by atoms with Crippen molar-refractivity contribution in [2.45, 2.75) is 69.6 Å². The van der Waals surface area contributed by atoms with Gasteiger partial charge in [-0.05, 0) is 62.6 Å². The summed E-state index contributed by atoms with van der Waals surface area (Å²) in [6.07, 6.45) is 2.51. The first kappa shape index (κ1) is 31.1. The van der Waals surface area contributed by atoms with Crippen LogP contribution in [0, 0.1) is 11.8 Å². The molecular formula is C31H42ClN3O6. The quantitative estimate of drug-likeness (QED) is 0.303. The van der Waals surface area contributed by atoms with Crippen LogP contribution in [0.15, 0.2) is 42.5 Å². The third kappa shape index (κ3) is 7.15. The maximum absolute atomic E-state index is 13.5. The number of piperidine rings is 1. The second-order valence-corrected chi connectivity index (χ2v) is 11.6. The van der Waals surface area contributed by atoms with Gasteiger partial charge in [0, 0.05) is 43.1 Å². The van der Waals surface area contributed by atoms with Crippen molar-refractivity contribution in [3.05, 3.63) is 58.6 Å². The SMILES string of the molecule is CCc1ccccc1Oc1c(Cl)cccc1C(O)(CCCNC(=O)OC)[C@@H]1CCCN(C(=O)[C@H]2C[C@@H](N)[C@@H](O)C2)C1. The van der Waals surface area contributed by atoms with Crippen molar-refractivity contribution in [3.8, 4) is 11.5 Å². The summed E-state index contributed by atoms with van der Waals surface area (Å²) in [4.78, 5) is 26.9. The Hall–Kier alpha value is -2.85. The summed E-state index contributed by atoms with van der Waals surface area (Å²) in [6.45, 7) is 3.28. The van der Waals surface area contributed by atoms with Crippen molar-refractivity contribution in [2.24, 2.45) is 17.6 Å². The number of ether oxygens (including phenoxy) is 2. The first-order chi connectivity index (χ1) is 19.7. The number of methoxy groups -OCH3 is 1. The Labute approximate surface area is 247 Å². The number of hydrogen-bond donors (Lipinski definition) is 4. The molecule has 1 aliphatic carbocycles. The number of halogens is 1. The van der Waals surface area contributed by atoms with Crippen molar-refractivity contribution in [2.75, 3.05) is 26.7 Å². The highest BCUT2D eigenvalue weighted by atomic mass is 35.5. The molecule has 2 amide bonds. The minimum atomic E-state index is -1.41. The Morgan fingerprint density at radius 1 is 1.20 bits per heavy atom. The molecule has 1 aliphatic heterocycles. The number of rotatable bonds is 10. The number of hydrogen-bond acceptors (Lipinski definition) is 7. The number of aliphatic hydroxyl groups excluding tert-OH is 1. The maximum atomic E-state index is 13.5. The van der Waals surface area contributed by atoms with Crippen molar-refractivity contribution in [1.82, 2.24) is 10.2 Å². The monoisotopic (exact) mass is 587 g/mol. The number of alkyl carbamates (subject to hydrolysis) is 1. The molecule has 1 saturated carbocycles. The number of nitrogens with two attached hydrogens (primary N) is 1. The van der Waals surface area contributed by atoms with Crippen LogP contribution in [0.4, 0.5) is 4.79 Å². The second kappa shape index (κ2) is 13.9. The molecule has 0 spiro atoms. The zero-order valence-electron chi connectivity index (χ0n) is 23.9. The molecule has 224 valence electrons. The van der Waals surface area contributed by atoms with Gasteiger partial charge in [0.25, 0.3) is 0 Å². The van der Waals surface area contributed by atoms with E-state index in [0.717, 1.165) is 18.4 Å². The van der Waals surface area contributed by atoms with Gasteiger partial charge in [0.2, 0.25) is 5.91 Å². The standard InChI is InChI=1S/C31H42ClN3O6/c1-3-20-9-4-5-13-27(20)41-28-23(11-6-12-24(28)32)31(39,14-8-15-34-30(38)40-2)22-10-7-16-35(19-22)29(37)21-17-25(33)26(36)18-21/h4-6,9,11-13,21-22,25-26,36,39H,3,7-8,10,14-19,33H2,1-2H3,(H,34,38)/t21-,22+,25+,26-,31?/m0/s1. The Kier molecular flexibility index (Phi) is 10.5. The zero-order valence-corrected chi connectivity index (χ0v) is 24.6. The summed E-state index contributed by atoms with van der Waals surface area (Å²) in [5.74, 6) is 0.366. The summed E-state index contributed by atoms with van der Waals surface area (Å²) in [5.41, 5.74) is 6.14. The lowest BCUT2D eigenvalue weighted by molar-refractivity contribution is -0.141. The average Bonchev–Trinajstić information content (AvgIpc) is 3.33. The number of carbonyl (C=O) groups excluding carboxylic acids is 2. The number of carbonyl (C=O) groups is 2. The van der Waals surface area contributed by atoms with E-state index in [-0.39, 0.29) is 17.7 Å². The number of likely N-dealkylation sites (tertiary alicyclic amines) is 1. The maximum Gasteiger partial charge on any atom is 0.406 e. The van der Waals surface area contributed by atoms with E-state index in [1.807, 2.05) is 37.3 Å². The van der Waals surface area contributed by atoms with Crippen molar-refractivity contribution >= 4 is 23.6 Å².